The molecular formula is C13H23N5O. The van der Waals surface area contributed by atoms with Gasteiger partial charge in [-0.15, -0.1) is 0 Å². The zero-order valence-corrected chi connectivity index (χ0v) is 12.0. The fraction of sp³-hybridized carbons (Fsp3) is 0.692. The van der Waals surface area contributed by atoms with Crippen molar-refractivity contribution in [1.29, 1.82) is 0 Å². The summed E-state index contributed by atoms with van der Waals surface area (Å²) in [5.74, 6) is 8.09. The van der Waals surface area contributed by atoms with Crippen LogP contribution in [0.25, 0.3) is 0 Å². The highest BCUT2D eigenvalue weighted by Gasteiger charge is 2.25. The Bertz CT molecular complexity index is 449. The maximum absolute atomic E-state index is 5.57. The molecule has 2 rings (SSSR count). The number of hydrogen-bond donors (Lipinski definition) is 3. The summed E-state index contributed by atoms with van der Waals surface area (Å²) in [5, 5.41) is 3.46. The molecule has 0 amide bonds. The summed E-state index contributed by atoms with van der Waals surface area (Å²) >= 11 is 0. The average Bonchev–Trinajstić information content (AvgIpc) is 2.77. The van der Waals surface area contributed by atoms with Crippen LogP contribution in [0, 0.1) is 6.92 Å². The van der Waals surface area contributed by atoms with E-state index < -0.39 is 0 Å². The van der Waals surface area contributed by atoms with Gasteiger partial charge in [0.15, 0.2) is 0 Å². The van der Waals surface area contributed by atoms with Gasteiger partial charge in [0.05, 0.1) is 12.1 Å². The largest absolute Gasteiger partial charge is 0.376 e. The van der Waals surface area contributed by atoms with Crippen LogP contribution in [0.3, 0.4) is 0 Å². The first kappa shape index (κ1) is 14.0. The molecule has 6 heteroatoms. The molecule has 0 bridgehead atoms. The van der Waals surface area contributed by atoms with Gasteiger partial charge in [-0.3, -0.25) is 0 Å². The van der Waals surface area contributed by atoms with Crippen molar-refractivity contribution in [2.45, 2.75) is 52.2 Å². The van der Waals surface area contributed by atoms with Gasteiger partial charge in [-0.05, 0) is 20.3 Å². The van der Waals surface area contributed by atoms with Crippen molar-refractivity contribution in [1.82, 2.24) is 9.97 Å². The molecule has 0 radical (unpaired) electrons. The van der Waals surface area contributed by atoms with Gasteiger partial charge >= 0.3 is 0 Å². The van der Waals surface area contributed by atoms with E-state index in [1.54, 1.807) is 0 Å². The molecule has 0 aromatic carbocycles. The minimum absolute atomic E-state index is 0.200. The van der Waals surface area contributed by atoms with E-state index in [1.807, 2.05) is 6.92 Å². The topological polar surface area (TPSA) is 85.1 Å². The van der Waals surface area contributed by atoms with Crippen molar-refractivity contribution >= 4 is 11.6 Å². The quantitative estimate of drug-likeness (QED) is 0.568. The molecule has 19 heavy (non-hydrogen) atoms. The number of ether oxygens (including phenoxy) is 1. The summed E-state index contributed by atoms with van der Waals surface area (Å²) < 4.78 is 5.57. The predicted molar refractivity (Wildman–Crippen MR) is 76.1 cm³/mol. The highest BCUT2D eigenvalue weighted by atomic mass is 16.5. The minimum atomic E-state index is 0.200. The molecule has 1 saturated heterocycles. The van der Waals surface area contributed by atoms with Crippen LogP contribution < -0.4 is 16.6 Å². The molecule has 1 aliphatic rings. The van der Waals surface area contributed by atoms with Gasteiger partial charge in [0.2, 0.25) is 0 Å². The second-order valence-corrected chi connectivity index (χ2v) is 5.32. The standard InChI is InChI=1S/C13H23N5O/c1-7(2)11-16-12(8(3)13(17-11)18-14)15-10-5-6-19-9(10)4/h7,9-10H,5-6,14H2,1-4H3,(H2,15,16,17,18). The van der Waals surface area contributed by atoms with Crippen LogP contribution in [-0.4, -0.2) is 28.7 Å². The first-order chi connectivity index (χ1) is 9.02. The lowest BCUT2D eigenvalue weighted by atomic mass is 10.1. The number of hydrazine groups is 1. The molecule has 1 aromatic heterocycles. The molecule has 1 aromatic rings. The highest BCUT2D eigenvalue weighted by Crippen LogP contribution is 2.25. The number of rotatable bonds is 4. The monoisotopic (exact) mass is 265 g/mol. The summed E-state index contributed by atoms with van der Waals surface area (Å²) in [7, 11) is 0. The number of nitrogens with two attached hydrogens (primary N) is 1. The fourth-order valence-corrected chi connectivity index (χ4v) is 2.17. The highest BCUT2D eigenvalue weighted by molar-refractivity contribution is 5.57. The summed E-state index contributed by atoms with van der Waals surface area (Å²) in [6.07, 6.45) is 1.19. The molecule has 6 nitrogen and oxygen atoms in total. The van der Waals surface area contributed by atoms with Crippen molar-refractivity contribution < 1.29 is 4.74 Å². The number of hydrogen-bond acceptors (Lipinski definition) is 6. The van der Waals surface area contributed by atoms with E-state index in [2.05, 4.69) is 41.5 Å². The third kappa shape index (κ3) is 2.96. The molecule has 2 heterocycles. The Labute approximate surface area is 114 Å². The first-order valence-corrected chi connectivity index (χ1v) is 6.76. The maximum Gasteiger partial charge on any atom is 0.148 e. The Balaban J connectivity index is 2.29. The van der Waals surface area contributed by atoms with Gasteiger partial charge in [0.25, 0.3) is 0 Å². The normalized spacial score (nSPS) is 22.8. The number of nitrogen functional groups attached to an aromatic ring is 1. The molecule has 2 unspecified atom stereocenters. The van der Waals surface area contributed by atoms with E-state index in [0.29, 0.717) is 11.9 Å². The van der Waals surface area contributed by atoms with Crippen molar-refractivity contribution in [2.24, 2.45) is 5.84 Å². The smallest absolute Gasteiger partial charge is 0.148 e. The zero-order chi connectivity index (χ0) is 14.0. The van der Waals surface area contributed by atoms with Crippen LogP contribution in [0.2, 0.25) is 0 Å². The Morgan fingerprint density at radius 2 is 2.00 bits per heavy atom. The Kier molecular flexibility index (Phi) is 4.21. The van der Waals surface area contributed by atoms with E-state index in [0.717, 1.165) is 30.2 Å². The Morgan fingerprint density at radius 1 is 1.32 bits per heavy atom. The van der Waals surface area contributed by atoms with Crippen molar-refractivity contribution in [3.05, 3.63) is 11.4 Å². The van der Waals surface area contributed by atoms with Gasteiger partial charge in [-0.2, -0.15) is 0 Å². The second-order valence-electron chi connectivity index (χ2n) is 5.32. The number of aromatic nitrogens is 2. The number of anilines is 2. The van der Waals surface area contributed by atoms with E-state index in [4.69, 9.17) is 10.6 Å². The van der Waals surface area contributed by atoms with Gasteiger partial charge in [0.1, 0.15) is 17.5 Å². The zero-order valence-electron chi connectivity index (χ0n) is 12.0. The second kappa shape index (κ2) is 5.71. The molecule has 0 spiro atoms. The summed E-state index contributed by atoms with van der Waals surface area (Å²) in [6, 6.07) is 0.291. The van der Waals surface area contributed by atoms with E-state index in [-0.39, 0.29) is 12.0 Å². The van der Waals surface area contributed by atoms with Gasteiger partial charge in [-0.1, -0.05) is 13.8 Å². The van der Waals surface area contributed by atoms with Crippen LogP contribution in [0.5, 0.6) is 0 Å². The van der Waals surface area contributed by atoms with E-state index >= 15 is 0 Å². The molecule has 2 atom stereocenters. The molecule has 4 N–H and O–H groups in total. The van der Waals surface area contributed by atoms with Crippen LogP contribution in [0.4, 0.5) is 11.6 Å². The molecule has 1 fully saturated rings. The lowest BCUT2D eigenvalue weighted by molar-refractivity contribution is 0.121. The van der Waals surface area contributed by atoms with E-state index in [1.165, 1.54) is 0 Å². The van der Waals surface area contributed by atoms with Crippen LogP contribution in [0.15, 0.2) is 0 Å². The van der Waals surface area contributed by atoms with E-state index in [9.17, 15) is 0 Å². The van der Waals surface area contributed by atoms with Gasteiger partial charge in [0, 0.05) is 18.1 Å². The van der Waals surface area contributed by atoms with Gasteiger partial charge < -0.3 is 15.5 Å². The Hall–Kier alpha value is -1.40. The Morgan fingerprint density at radius 3 is 2.53 bits per heavy atom. The molecule has 0 saturated carbocycles. The molecule has 106 valence electrons. The summed E-state index contributed by atoms with van der Waals surface area (Å²) in [4.78, 5) is 9.03. The lowest BCUT2D eigenvalue weighted by Crippen LogP contribution is -2.28. The van der Waals surface area contributed by atoms with Crippen LogP contribution >= 0.6 is 0 Å². The third-order valence-electron chi connectivity index (χ3n) is 3.51. The summed E-state index contributed by atoms with van der Waals surface area (Å²) in [5.41, 5.74) is 3.58. The number of nitrogens with one attached hydrogen (secondary N) is 2. The fourth-order valence-electron chi connectivity index (χ4n) is 2.17. The summed E-state index contributed by atoms with van der Waals surface area (Å²) in [6.45, 7) is 8.96. The molecular weight excluding hydrogens is 242 g/mol. The number of nitrogens with zero attached hydrogens (tertiary/aromatic N) is 2. The molecule has 1 aliphatic heterocycles. The average molecular weight is 265 g/mol. The molecule has 0 aliphatic carbocycles. The van der Waals surface area contributed by atoms with Crippen LogP contribution in [-0.2, 0) is 4.74 Å². The minimum Gasteiger partial charge on any atom is -0.376 e. The van der Waals surface area contributed by atoms with Crippen LogP contribution in [0.1, 0.15) is 44.5 Å². The SMILES string of the molecule is Cc1c(NN)nc(C(C)C)nc1NC1CCOC1C. The predicted octanol–water partition coefficient (Wildman–Crippen LogP) is 1.78. The maximum atomic E-state index is 5.57. The van der Waals surface area contributed by atoms with Crippen molar-refractivity contribution in [2.75, 3.05) is 17.3 Å². The lowest BCUT2D eigenvalue weighted by Gasteiger charge is -2.20. The van der Waals surface area contributed by atoms with Crippen molar-refractivity contribution in [3.63, 3.8) is 0 Å². The third-order valence-corrected chi connectivity index (χ3v) is 3.51. The van der Waals surface area contributed by atoms with Gasteiger partial charge in [-0.25, -0.2) is 15.8 Å². The van der Waals surface area contributed by atoms with Crippen molar-refractivity contribution in [3.8, 4) is 0 Å². The first-order valence-electron chi connectivity index (χ1n) is 6.76.